The highest BCUT2D eigenvalue weighted by molar-refractivity contribution is 5.92. The maximum atomic E-state index is 11.4. The van der Waals surface area contributed by atoms with Crippen LogP contribution in [0.5, 0.6) is 5.75 Å². The smallest absolute Gasteiger partial charge is 0.330 e. The molecule has 23 heavy (non-hydrogen) atoms. The second-order valence-electron chi connectivity index (χ2n) is 5.06. The van der Waals surface area contributed by atoms with Crippen LogP contribution >= 0.6 is 0 Å². The summed E-state index contributed by atoms with van der Waals surface area (Å²) in [6, 6.07) is 14.0. The lowest BCUT2D eigenvalue weighted by atomic mass is 9.99. The lowest BCUT2D eigenvalue weighted by Gasteiger charge is -2.10. The van der Waals surface area contributed by atoms with Crippen molar-refractivity contribution < 1.29 is 14.3 Å². The molecule has 0 atom stereocenters. The van der Waals surface area contributed by atoms with Crippen molar-refractivity contribution in [3.05, 3.63) is 60.3 Å². The van der Waals surface area contributed by atoms with Crippen LogP contribution in [-0.2, 0) is 9.53 Å². The number of pyridine rings is 1. The predicted molar refractivity (Wildman–Crippen MR) is 90.5 cm³/mol. The first-order valence-corrected chi connectivity index (χ1v) is 7.23. The van der Waals surface area contributed by atoms with Crippen molar-refractivity contribution in [3.63, 3.8) is 0 Å². The molecular weight excluding hydrogens is 290 g/mol. The van der Waals surface area contributed by atoms with Crippen molar-refractivity contribution in [2.45, 2.75) is 0 Å². The molecule has 0 fully saturated rings. The third-order valence-corrected chi connectivity index (χ3v) is 3.74. The molecule has 1 aromatic rings. The van der Waals surface area contributed by atoms with E-state index in [1.165, 1.54) is 13.2 Å². The summed E-state index contributed by atoms with van der Waals surface area (Å²) < 4.78 is 9.96. The van der Waals surface area contributed by atoms with E-state index in [1.54, 1.807) is 13.2 Å². The number of aromatic amines is 1. The van der Waals surface area contributed by atoms with Gasteiger partial charge >= 0.3 is 5.97 Å². The van der Waals surface area contributed by atoms with Gasteiger partial charge in [0.25, 0.3) is 0 Å². The molecule has 4 nitrogen and oxygen atoms in total. The van der Waals surface area contributed by atoms with Crippen LogP contribution in [0.1, 0.15) is 5.56 Å². The van der Waals surface area contributed by atoms with E-state index in [0.29, 0.717) is 0 Å². The van der Waals surface area contributed by atoms with E-state index in [4.69, 9.17) is 4.74 Å². The first-order chi connectivity index (χ1) is 11.2. The van der Waals surface area contributed by atoms with Crippen molar-refractivity contribution in [3.8, 4) is 28.1 Å². The number of aromatic nitrogens is 1. The van der Waals surface area contributed by atoms with Crippen molar-refractivity contribution in [2.24, 2.45) is 0 Å². The Morgan fingerprint density at radius 1 is 1.09 bits per heavy atom. The van der Waals surface area contributed by atoms with E-state index >= 15 is 0 Å². The summed E-state index contributed by atoms with van der Waals surface area (Å²) in [6.07, 6.45) is 5.05. The van der Waals surface area contributed by atoms with Crippen molar-refractivity contribution >= 4 is 12.0 Å². The Labute approximate surface area is 134 Å². The van der Waals surface area contributed by atoms with E-state index in [2.05, 4.69) is 27.9 Å². The summed E-state index contributed by atoms with van der Waals surface area (Å²) in [4.78, 5) is 14.7. The number of rotatable bonds is 4. The highest BCUT2D eigenvalue weighted by Gasteiger charge is 2.14. The molecule has 1 aliphatic carbocycles. The minimum Gasteiger partial charge on any atom is -0.497 e. The number of benzene rings is 1. The van der Waals surface area contributed by atoms with E-state index in [1.807, 2.05) is 30.5 Å². The average Bonchev–Trinajstić information content (AvgIpc) is 3.03. The van der Waals surface area contributed by atoms with Gasteiger partial charge < -0.3 is 14.5 Å². The molecular formula is C19H17NO3. The summed E-state index contributed by atoms with van der Waals surface area (Å²) in [5, 5.41) is 0. The number of hydrogen-bond acceptors (Lipinski definition) is 3. The number of esters is 1. The summed E-state index contributed by atoms with van der Waals surface area (Å²) in [6.45, 7) is 0. The van der Waals surface area contributed by atoms with Crippen molar-refractivity contribution in [1.82, 2.24) is 4.98 Å². The molecule has 116 valence electrons. The SMILES string of the molecule is COC(=O)/C=C/c1cc(OC)ccc1-c1ccc2ccc[nH]c1-2. The molecule has 2 aliphatic rings. The standard InChI is InChI=1S/C19H17NO3/c1-22-15-7-9-16(14(12-15)6-10-18(21)23-2)17-8-5-13-4-3-11-20-19(13)17/h3-12,20H,1-2H3/b10-6+. The molecule has 0 spiro atoms. The summed E-state index contributed by atoms with van der Waals surface area (Å²) in [5.41, 5.74) is 5.18. The Kier molecular flexibility index (Phi) is 4.15. The zero-order valence-electron chi connectivity index (χ0n) is 13.0. The fourth-order valence-electron chi connectivity index (χ4n) is 2.58. The van der Waals surface area contributed by atoms with Crippen LogP contribution in [-0.4, -0.2) is 25.2 Å². The lowest BCUT2D eigenvalue weighted by Crippen LogP contribution is -1.94. The van der Waals surface area contributed by atoms with Crippen LogP contribution in [0.2, 0.25) is 0 Å². The highest BCUT2D eigenvalue weighted by atomic mass is 16.5. The molecule has 0 aromatic heterocycles. The maximum absolute atomic E-state index is 11.4. The van der Waals surface area contributed by atoms with Crippen LogP contribution in [0, 0.1) is 0 Å². The topological polar surface area (TPSA) is 51.3 Å². The van der Waals surface area contributed by atoms with E-state index in [0.717, 1.165) is 33.7 Å². The number of fused-ring (bicyclic) bond motifs is 1. The van der Waals surface area contributed by atoms with Gasteiger partial charge in [0.05, 0.1) is 19.9 Å². The number of nitrogens with one attached hydrogen (secondary N) is 1. The number of ether oxygens (including phenoxy) is 2. The van der Waals surface area contributed by atoms with Gasteiger partial charge in [0.15, 0.2) is 0 Å². The normalized spacial score (nSPS) is 11.0. The molecule has 1 aromatic carbocycles. The van der Waals surface area contributed by atoms with Gasteiger partial charge in [-0.1, -0.05) is 24.3 Å². The Balaban J connectivity index is 2.11. The molecule has 0 saturated carbocycles. The largest absolute Gasteiger partial charge is 0.497 e. The minimum absolute atomic E-state index is 0.391. The third kappa shape index (κ3) is 2.97. The molecule has 0 amide bonds. The Bertz CT molecular complexity index is 832. The zero-order chi connectivity index (χ0) is 16.2. The fraction of sp³-hybridized carbons (Fsp3) is 0.105. The molecule has 1 aliphatic heterocycles. The van der Waals surface area contributed by atoms with E-state index in [9.17, 15) is 4.79 Å². The summed E-state index contributed by atoms with van der Waals surface area (Å²) >= 11 is 0. The van der Waals surface area contributed by atoms with Gasteiger partial charge in [0.1, 0.15) is 5.75 Å². The second kappa shape index (κ2) is 6.40. The number of carbonyl (C=O) groups is 1. The maximum Gasteiger partial charge on any atom is 0.330 e. The second-order valence-corrected chi connectivity index (χ2v) is 5.06. The zero-order valence-corrected chi connectivity index (χ0v) is 13.0. The molecule has 0 saturated heterocycles. The van der Waals surface area contributed by atoms with E-state index < -0.39 is 5.97 Å². The molecule has 0 radical (unpaired) electrons. The van der Waals surface area contributed by atoms with E-state index in [-0.39, 0.29) is 0 Å². The van der Waals surface area contributed by atoms with Crippen LogP contribution < -0.4 is 4.74 Å². The highest BCUT2D eigenvalue weighted by Crippen LogP contribution is 2.37. The first-order valence-electron chi connectivity index (χ1n) is 7.23. The van der Waals surface area contributed by atoms with Gasteiger partial charge in [-0.2, -0.15) is 0 Å². The number of H-pyrrole nitrogens is 1. The van der Waals surface area contributed by atoms with Crippen LogP contribution in [0.3, 0.4) is 0 Å². The summed E-state index contributed by atoms with van der Waals surface area (Å²) in [5.74, 6) is 0.343. The molecule has 1 N–H and O–H groups in total. The summed E-state index contributed by atoms with van der Waals surface area (Å²) in [7, 11) is 2.98. The number of hydrogen-bond donors (Lipinski definition) is 1. The molecule has 0 unspecified atom stereocenters. The monoisotopic (exact) mass is 307 g/mol. The number of carbonyl (C=O) groups excluding carboxylic acids is 1. The van der Waals surface area contributed by atoms with Crippen LogP contribution in [0.4, 0.5) is 0 Å². The fourth-order valence-corrected chi connectivity index (χ4v) is 2.58. The van der Waals surface area contributed by atoms with Gasteiger partial charge in [0, 0.05) is 17.8 Å². The van der Waals surface area contributed by atoms with Gasteiger partial charge in [-0.15, -0.1) is 0 Å². The number of methoxy groups -OCH3 is 2. The van der Waals surface area contributed by atoms with Crippen molar-refractivity contribution in [2.75, 3.05) is 14.2 Å². The predicted octanol–water partition coefficient (Wildman–Crippen LogP) is 3.98. The third-order valence-electron chi connectivity index (χ3n) is 3.74. The van der Waals surface area contributed by atoms with Crippen LogP contribution in [0.15, 0.2) is 54.7 Å². The van der Waals surface area contributed by atoms with Crippen molar-refractivity contribution in [1.29, 1.82) is 0 Å². The average molecular weight is 307 g/mol. The quantitative estimate of drug-likeness (QED) is 0.586. The van der Waals surface area contributed by atoms with Gasteiger partial charge in [0.2, 0.25) is 0 Å². The molecule has 1 heterocycles. The Hall–Kier alpha value is -3.01. The van der Waals surface area contributed by atoms with Gasteiger partial charge in [-0.25, -0.2) is 4.79 Å². The minimum atomic E-state index is -0.391. The molecule has 4 heteroatoms. The Morgan fingerprint density at radius 2 is 1.91 bits per heavy atom. The first kappa shape index (κ1) is 14.9. The van der Waals surface area contributed by atoms with Gasteiger partial charge in [-0.3, -0.25) is 0 Å². The Morgan fingerprint density at radius 3 is 2.70 bits per heavy atom. The van der Waals surface area contributed by atoms with Crippen LogP contribution in [0.25, 0.3) is 28.5 Å². The lowest BCUT2D eigenvalue weighted by molar-refractivity contribution is -0.134. The van der Waals surface area contributed by atoms with Gasteiger partial charge in [-0.05, 0) is 41.0 Å². The molecule has 0 bridgehead atoms. The molecule has 3 rings (SSSR count).